The second kappa shape index (κ2) is 12.1. The van der Waals surface area contributed by atoms with E-state index >= 15 is 0 Å². The SMILES string of the molecule is CCN1CCC(c2ccc(/C(=C(\c3ccccc3)C(C)C)c3cccc(OC(=O)C(C)(C)C)c3)cc2)CC1. The molecule has 1 heterocycles. The molecule has 200 valence electrons. The van der Waals surface area contributed by atoms with E-state index in [0.29, 0.717) is 17.6 Å². The van der Waals surface area contributed by atoms with E-state index in [0.717, 1.165) is 12.1 Å². The van der Waals surface area contributed by atoms with E-state index < -0.39 is 5.41 Å². The van der Waals surface area contributed by atoms with Crippen molar-refractivity contribution in [2.24, 2.45) is 11.3 Å². The number of nitrogens with zero attached hydrogens (tertiary/aromatic N) is 1. The monoisotopic (exact) mass is 509 g/mol. The van der Waals surface area contributed by atoms with Crippen LogP contribution >= 0.6 is 0 Å². The lowest BCUT2D eigenvalue weighted by Crippen LogP contribution is -2.32. The lowest BCUT2D eigenvalue weighted by Gasteiger charge is -2.31. The molecule has 38 heavy (non-hydrogen) atoms. The van der Waals surface area contributed by atoms with E-state index in [1.807, 2.05) is 39.0 Å². The number of esters is 1. The molecule has 0 N–H and O–H groups in total. The Labute approximate surface area is 229 Å². The fourth-order valence-electron chi connectivity index (χ4n) is 5.34. The molecule has 4 rings (SSSR count). The van der Waals surface area contributed by atoms with Gasteiger partial charge in [0.1, 0.15) is 5.75 Å². The van der Waals surface area contributed by atoms with Crippen LogP contribution in [0.4, 0.5) is 0 Å². The summed E-state index contributed by atoms with van der Waals surface area (Å²) in [7, 11) is 0. The average Bonchev–Trinajstić information content (AvgIpc) is 2.92. The molecule has 0 aromatic heterocycles. The summed E-state index contributed by atoms with van der Waals surface area (Å²) in [5.74, 6) is 1.27. The van der Waals surface area contributed by atoms with Crippen molar-refractivity contribution in [1.82, 2.24) is 4.90 Å². The maximum Gasteiger partial charge on any atom is 0.316 e. The van der Waals surface area contributed by atoms with E-state index in [-0.39, 0.29) is 5.97 Å². The zero-order valence-corrected chi connectivity index (χ0v) is 24.0. The summed E-state index contributed by atoms with van der Waals surface area (Å²) < 4.78 is 5.80. The van der Waals surface area contributed by atoms with E-state index in [1.54, 1.807) is 0 Å². The van der Waals surface area contributed by atoms with E-state index in [1.165, 1.54) is 53.8 Å². The third kappa shape index (κ3) is 6.63. The summed E-state index contributed by atoms with van der Waals surface area (Å²) in [5.41, 5.74) is 6.80. The van der Waals surface area contributed by atoms with Crippen molar-refractivity contribution < 1.29 is 9.53 Å². The molecule has 0 unspecified atom stereocenters. The average molecular weight is 510 g/mol. The van der Waals surface area contributed by atoms with E-state index in [9.17, 15) is 4.79 Å². The molecule has 1 saturated heterocycles. The van der Waals surface area contributed by atoms with Gasteiger partial charge in [0.15, 0.2) is 0 Å². The van der Waals surface area contributed by atoms with Crippen LogP contribution in [-0.2, 0) is 4.79 Å². The first-order chi connectivity index (χ1) is 18.2. The van der Waals surface area contributed by atoms with Crippen LogP contribution in [0.3, 0.4) is 0 Å². The van der Waals surface area contributed by atoms with Gasteiger partial charge in [-0.3, -0.25) is 4.79 Å². The van der Waals surface area contributed by atoms with Gasteiger partial charge < -0.3 is 9.64 Å². The zero-order chi connectivity index (χ0) is 27.3. The number of hydrogen-bond donors (Lipinski definition) is 0. The highest BCUT2D eigenvalue weighted by atomic mass is 16.5. The van der Waals surface area contributed by atoms with Crippen LogP contribution in [0.5, 0.6) is 5.75 Å². The minimum Gasteiger partial charge on any atom is -0.426 e. The molecular formula is C35H43NO2. The number of carbonyl (C=O) groups is 1. The molecule has 0 spiro atoms. The lowest BCUT2D eigenvalue weighted by atomic mass is 9.83. The molecule has 3 nitrogen and oxygen atoms in total. The molecule has 0 bridgehead atoms. The first-order valence-corrected chi connectivity index (χ1v) is 14.1. The van der Waals surface area contributed by atoms with Gasteiger partial charge in [-0.05, 0) is 111 Å². The Morgan fingerprint density at radius 3 is 2.08 bits per heavy atom. The second-order valence-electron chi connectivity index (χ2n) is 11.8. The van der Waals surface area contributed by atoms with Crippen LogP contribution in [-0.4, -0.2) is 30.5 Å². The maximum atomic E-state index is 12.6. The van der Waals surface area contributed by atoms with Gasteiger partial charge in [0.05, 0.1) is 5.41 Å². The molecule has 0 radical (unpaired) electrons. The van der Waals surface area contributed by atoms with Crippen LogP contribution in [0.2, 0.25) is 0 Å². The third-order valence-corrected chi connectivity index (χ3v) is 7.58. The summed E-state index contributed by atoms with van der Waals surface area (Å²) in [6.07, 6.45) is 2.44. The molecule has 1 aliphatic heterocycles. The fraction of sp³-hybridized carbons (Fsp3) is 0.400. The molecule has 3 aromatic rings. The number of piperidine rings is 1. The van der Waals surface area contributed by atoms with Crippen molar-refractivity contribution in [2.75, 3.05) is 19.6 Å². The smallest absolute Gasteiger partial charge is 0.316 e. The first-order valence-electron chi connectivity index (χ1n) is 14.1. The topological polar surface area (TPSA) is 29.5 Å². The van der Waals surface area contributed by atoms with Crippen LogP contribution in [0, 0.1) is 11.3 Å². The molecular weight excluding hydrogens is 466 g/mol. The van der Waals surface area contributed by atoms with Gasteiger partial charge in [-0.2, -0.15) is 0 Å². The number of ether oxygens (including phenoxy) is 1. The minimum absolute atomic E-state index is 0.231. The molecule has 3 heteroatoms. The summed E-state index contributed by atoms with van der Waals surface area (Å²) in [5, 5.41) is 0. The van der Waals surface area contributed by atoms with Crippen molar-refractivity contribution in [3.63, 3.8) is 0 Å². The Balaban J connectivity index is 1.78. The summed E-state index contributed by atoms with van der Waals surface area (Å²) >= 11 is 0. The number of likely N-dealkylation sites (tertiary alicyclic amines) is 1. The summed E-state index contributed by atoms with van der Waals surface area (Å²) in [6, 6.07) is 27.9. The van der Waals surface area contributed by atoms with Crippen molar-refractivity contribution in [1.29, 1.82) is 0 Å². The maximum absolute atomic E-state index is 12.6. The standard InChI is InChI=1S/C35H43NO2/c1-7-36-22-20-27(21-23-36)26-16-18-29(19-17-26)33(32(25(2)3)28-12-9-8-10-13-28)30-14-11-15-31(24-30)38-34(37)35(4,5)6/h8-19,24-25,27H,7,20-23H2,1-6H3/b33-32+. The van der Waals surface area contributed by atoms with Crippen molar-refractivity contribution >= 4 is 17.1 Å². The van der Waals surface area contributed by atoms with Crippen molar-refractivity contribution in [3.05, 3.63) is 101 Å². The molecule has 1 fully saturated rings. The van der Waals surface area contributed by atoms with E-state index in [2.05, 4.69) is 86.3 Å². The van der Waals surface area contributed by atoms with Gasteiger partial charge in [-0.1, -0.05) is 87.5 Å². The van der Waals surface area contributed by atoms with Crippen LogP contribution in [0.15, 0.2) is 78.9 Å². The van der Waals surface area contributed by atoms with Crippen molar-refractivity contribution in [2.45, 2.75) is 60.3 Å². The number of benzene rings is 3. The largest absolute Gasteiger partial charge is 0.426 e. The van der Waals surface area contributed by atoms with Crippen molar-refractivity contribution in [3.8, 4) is 5.75 Å². The number of hydrogen-bond acceptors (Lipinski definition) is 3. The van der Waals surface area contributed by atoms with Gasteiger partial charge in [0.2, 0.25) is 0 Å². The summed E-state index contributed by atoms with van der Waals surface area (Å²) in [6.45, 7) is 15.9. The van der Waals surface area contributed by atoms with E-state index in [4.69, 9.17) is 4.74 Å². The molecule has 0 amide bonds. The second-order valence-corrected chi connectivity index (χ2v) is 11.8. The van der Waals surface area contributed by atoms with Gasteiger partial charge in [0, 0.05) is 0 Å². The Bertz CT molecular complexity index is 1240. The van der Waals surface area contributed by atoms with Crippen LogP contribution < -0.4 is 4.74 Å². The molecule has 1 aliphatic rings. The highest BCUT2D eigenvalue weighted by Crippen LogP contribution is 2.39. The fourth-order valence-corrected chi connectivity index (χ4v) is 5.34. The van der Waals surface area contributed by atoms with Gasteiger partial charge >= 0.3 is 5.97 Å². The molecule has 0 atom stereocenters. The molecule has 0 aliphatic carbocycles. The zero-order valence-electron chi connectivity index (χ0n) is 24.0. The third-order valence-electron chi connectivity index (χ3n) is 7.58. The minimum atomic E-state index is -0.565. The highest BCUT2D eigenvalue weighted by Gasteiger charge is 2.25. The predicted molar refractivity (Wildman–Crippen MR) is 159 cm³/mol. The Morgan fingerprint density at radius 1 is 0.868 bits per heavy atom. The Hall–Kier alpha value is -3.17. The quantitative estimate of drug-likeness (QED) is 0.182. The number of carbonyl (C=O) groups excluding carboxylic acids is 1. The van der Waals surface area contributed by atoms with Crippen LogP contribution in [0.1, 0.15) is 82.6 Å². The highest BCUT2D eigenvalue weighted by molar-refractivity contribution is 5.99. The van der Waals surface area contributed by atoms with Gasteiger partial charge in [-0.15, -0.1) is 0 Å². The molecule has 0 saturated carbocycles. The van der Waals surface area contributed by atoms with Gasteiger partial charge in [-0.25, -0.2) is 0 Å². The van der Waals surface area contributed by atoms with Gasteiger partial charge in [0.25, 0.3) is 0 Å². The Kier molecular flexibility index (Phi) is 8.89. The first kappa shape index (κ1) is 27.9. The Morgan fingerprint density at radius 2 is 1.50 bits per heavy atom. The molecule has 3 aromatic carbocycles. The lowest BCUT2D eigenvalue weighted by molar-refractivity contribution is -0.142. The summed E-state index contributed by atoms with van der Waals surface area (Å²) in [4.78, 5) is 15.2. The normalized spacial score (nSPS) is 15.9. The number of rotatable bonds is 7. The van der Waals surface area contributed by atoms with Crippen LogP contribution in [0.25, 0.3) is 11.1 Å². The predicted octanol–water partition coefficient (Wildman–Crippen LogP) is 8.45. The number of allylic oxidation sites excluding steroid dienone is 1.